The van der Waals surface area contributed by atoms with E-state index in [4.69, 9.17) is 41.6 Å². The summed E-state index contributed by atoms with van der Waals surface area (Å²) >= 11 is 12.9. The van der Waals surface area contributed by atoms with Crippen molar-refractivity contribution >= 4 is 39.3 Å². The van der Waals surface area contributed by atoms with Gasteiger partial charge in [0.25, 0.3) is 0 Å². The maximum atomic E-state index is 13.0. The van der Waals surface area contributed by atoms with Gasteiger partial charge in [0, 0.05) is 5.56 Å². The lowest BCUT2D eigenvalue weighted by molar-refractivity contribution is 0.0454. The molecule has 0 unspecified atom stereocenters. The Balaban J connectivity index is 2.24. The van der Waals surface area contributed by atoms with E-state index in [1.54, 1.807) is 19.9 Å². The Morgan fingerprint density at radius 1 is 1.17 bits per heavy atom. The van der Waals surface area contributed by atoms with E-state index in [0.29, 0.717) is 24.0 Å². The molecule has 192 valence electrons. The lowest BCUT2D eigenvalue weighted by Crippen LogP contribution is -2.18. The standard InChI is InChI=1S/C24H28Cl2O8S/c1-6-9-35(29,30)34-23-20(26)13(4)19(25)15-11-32-24(28)18-17(33-22(15)23)8-7-14(21(18)31-5)16(27)10-12(2)3/h7-8,12,16,27H,6,9-11H2,1-5H3/t16-/m0/s1. The number of halogens is 2. The molecule has 0 radical (unpaired) electrons. The number of benzene rings is 2. The van der Waals surface area contributed by atoms with Gasteiger partial charge in [0.1, 0.15) is 23.7 Å². The van der Waals surface area contributed by atoms with Crippen molar-refractivity contribution in [1.82, 2.24) is 0 Å². The van der Waals surface area contributed by atoms with Crippen molar-refractivity contribution < 1.29 is 36.7 Å². The normalized spacial score (nSPS) is 14.3. The van der Waals surface area contributed by atoms with Crippen LogP contribution >= 0.6 is 23.2 Å². The Hall–Kier alpha value is -2.20. The second kappa shape index (κ2) is 10.8. The molecule has 35 heavy (non-hydrogen) atoms. The minimum atomic E-state index is -3.99. The van der Waals surface area contributed by atoms with E-state index in [1.807, 2.05) is 13.8 Å². The fraction of sp³-hybridized carbons (Fsp3) is 0.458. The van der Waals surface area contributed by atoms with E-state index in [2.05, 4.69) is 0 Å². The van der Waals surface area contributed by atoms with Crippen LogP contribution in [0.3, 0.4) is 0 Å². The molecule has 0 fully saturated rings. The predicted molar refractivity (Wildman–Crippen MR) is 133 cm³/mol. The molecule has 0 spiro atoms. The fourth-order valence-corrected chi connectivity index (χ4v) is 5.34. The summed E-state index contributed by atoms with van der Waals surface area (Å²) in [7, 11) is -2.63. The van der Waals surface area contributed by atoms with Gasteiger partial charge in [0.15, 0.2) is 5.75 Å². The lowest BCUT2D eigenvalue weighted by atomic mass is 9.96. The van der Waals surface area contributed by atoms with Gasteiger partial charge in [-0.2, -0.15) is 8.42 Å². The van der Waals surface area contributed by atoms with Crippen LogP contribution in [0.25, 0.3) is 0 Å². The number of esters is 1. The number of hydrogen-bond donors (Lipinski definition) is 1. The number of aliphatic hydroxyl groups excluding tert-OH is 1. The van der Waals surface area contributed by atoms with Crippen molar-refractivity contribution in [2.75, 3.05) is 12.9 Å². The summed E-state index contributed by atoms with van der Waals surface area (Å²) in [5.74, 6) is -1.05. The van der Waals surface area contributed by atoms with Gasteiger partial charge in [-0.05, 0) is 43.4 Å². The van der Waals surface area contributed by atoms with E-state index in [9.17, 15) is 18.3 Å². The highest BCUT2D eigenvalue weighted by atomic mass is 35.5. The minimum Gasteiger partial charge on any atom is -0.495 e. The van der Waals surface area contributed by atoms with E-state index in [1.165, 1.54) is 13.2 Å². The van der Waals surface area contributed by atoms with Gasteiger partial charge in [-0.1, -0.05) is 44.0 Å². The first-order valence-electron chi connectivity index (χ1n) is 11.1. The van der Waals surface area contributed by atoms with Crippen LogP contribution in [0, 0.1) is 12.8 Å². The highest BCUT2D eigenvalue weighted by Gasteiger charge is 2.33. The highest BCUT2D eigenvalue weighted by Crippen LogP contribution is 2.50. The van der Waals surface area contributed by atoms with Gasteiger partial charge < -0.3 is 23.5 Å². The molecule has 1 aliphatic rings. The van der Waals surface area contributed by atoms with Crippen LogP contribution in [0.15, 0.2) is 12.1 Å². The van der Waals surface area contributed by atoms with Gasteiger partial charge in [0.2, 0.25) is 5.75 Å². The summed E-state index contributed by atoms with van der Waals surface area (Å²) in [6.45, 7) is 6.87. The highest BCUT2D eigenvalue weighted by molar-refractivity contribution is 7.87. The molecule has 8 nitrogen and oxygen atoms in total. The number of aliphatic hydroxyl groups is 1. The summed E-state index contributed by atoms with van der Waals surface area (Å²) in [6, 6.07) is 3.05. The maximum absolute atomic E-state index is 13.0. The number of hydrogen-bond acceptors (Lipinski definition) is 8. The SMILES string of the molecule is CCCS(=O)(=O)Oc1c(Cl)c(C)c(Cl)c2c1Oc1ccc([C@@H](O)CC(C)C)c(OC)c1C(=O)OC2. The first-order chi connectivity index (χ1) is 16.4. The average Bonchev–Trinajstić information content (AvgIpc) is 2.77. The Kier molecular flexibility index (Phi) is 8.47. The average molecular weight is 547 g/mol. The van der Waals surface area contributed by atoms with E-state index >= 15 is 0 Å². The molecule has 1 heterocycles. The number of carbonyl (C=O) groups excluding carboxylic acids is 1. The fourth-order valence-electron chi connectivity index (χ4n) is 3.79. The Labute approximate surface area is 215 Å². The molecule has 0 aromatic heterocycles. The molecule has 1 aliphatic heterocycles. The number of methoxy groups -OCH3 is 1. The van der Waals surface area contributed by atoms with E-state index < -0.39 is 22.2 Å². The van der Waals surface area contributed by atoms with Crippen molar-refractivity contribution in [3.63, 3.8) is 0 Å². The van der Waals surface area contributed by atoms with Crippen molar-refractivity contribution in [3.8, 4) is 23.0 Å². The Morgan fingerprint density at radius 3 is 2.46 bits per heavy atom. The first kappa shape index (κ1) is 27.4. The smallest absolute Gasteiger partial charge is 0.346 e. The molecule has 0 saturated carbocycles. The number of ether oxygens (including phenoxy) is 3. The second-order valence-corrected chi connectivity index (χ2v) is 11.1. The monoisotopic (exact) mass is 546 g/mol. The molecule has 11 heteroatoms. The first-order valence-corrected chi connectivity index (χ1v) is 13.4. The van der Waals surface area contributed by atoms with Crippen LogP contribution in [0.4, 0.5) is 0 Å². The van der Waals surface area contributed by atoms with Crippen LogP contribution in [-0.4, -0.2) is 32.4 Å². The van der Waals surface area contributed by atoms with Gasteiger partial charge >= 0.3 is 16.1 Å². The summed E-state index contributed by atoms with van der Waals surface area (Å²) in [6.07, 6.45) is -0.134. The van der Waals surface area contributed by atoms with Gasteiger partial charge in [-0.25, -0.2) is 4.79 Å². The summed E-state index contributed by atoms with van der Waals surface area (Å²) in [4.78, 5) is 13.0. The van der Waals surface area contributed by atoms with Crippen molar-refractivity contribution in [3.05, 3.63) is 44.4 Å². The molecule has 0 saturated heterocycles. The van der Waals surface area contributed by atoms with Gasteiger partial charge in [-0.15, -0.1) is 0 Å². The number of cyclic esters (lactones) is 1. The Bertz CT molecular complexity index is 1240. The zero-order chi connectivity index (χ0) is 26.1. The molecular weight excluding hydrogens is 519 g/mol. The number of rotatable bonds is 8. The molecule has 3 rings (SSSR count). The molecular formula is C24H28Cl2O8S. The van der Waals surface area contributed by atoms with Crippen LogP contribution in [0.2, 0.25) is 10.0 Å². The molecule has 1 N–H and O–H groups in total. The van der Waals surface area contributed by atoms with E-state index in [-0.39, 0.29) is 62.4 Å². The third-order valence-corrected chi connectivity index (χ3v) is 7.73. The molecule has 0 amide bonds. The predicted octanol–water partition coefficient (Wildman–Crippen LogP) is 5.97. The van der Waals surface area contributed by atoms with Gasteiger partial charge in [-0.3, -0.25) is 0 Å². The van der Waals surface area contributed by atoms with Crippen LogP contribution < -0.4 is 13.7 Å². The third-order valence-electron chi connectivity index (χ3n) is 5.44. The summed E-state index contributed by atoms with van der Waals surface area (Å²) in [5, 5.41) is 10.8. The molecule has 0 aliphatic carbocycles. The van der Waals surface area contributed by atoms with Gasteiger partial charge in [0.05, 0.1) is 34.6 Å². The summed E-state index contributed by atoms with van der Waals surface area (Å²) in [5.41, 5.74) is 0.882. The molecule has 1 atom stereocenters. The summed E-state index contributed by atoms with van der Waals surface area (Å²) < 4.78 is 47.4. The van der Waals surface area contributed by atoms with Crippen LogP contribution in [0.1, 0.15) is 66.8 Å². The zero-order valence-corrected chi connectivity index (χ0v) is 22.4. The lowest BCUT2D eigenvalue weighted by Gasteiger charge is -2.25. The van der Waals surface area contributed by atoms with Crippen molar-refractivity contribution in [2.45, 2.75) is 53.2 Å². The van der Waals surface area contributed by atoms with Crippen LogP contribution in [-0.2, 0) is 21.5 Å². The van der Waals surface area contributed by atoms with Crippen molar-refractivity contribution in [2.24, 2.45) is 5.92 Å². The Morgan fingerprint density at radius 2 is 1.86 bits per heavy atom. The third kappa shape index (κ3) is 5.63. The van der Waals surface area contributed by atoms with Crippen molar-refractivity contribution in [1.29, 1.82) is 0 Å². The topological polar surface area (TPSA) is 108 Å². The van der Waals surface area contributed by atoms with E-state index in [0.717, 1.165) is 0 Å². The number of carbonyl (C=O) groups is 1. The molecule has 2 aromatic carbocycles. The maximum Gasteiger partial charge on any atom is 0.346 e. The zero-order valence-electron chi connectivity index (χ0n) is 20.1. The van der Waals surface area contributed by atoms with Crippen LogP contribution in [0.5, 0.6) is 23.0 Å². The number of fused-ring (bicyclic) bond motifs is 2. The molecule has 2 aromatic rings. The minimum absolute atomic E-state index is 0.00187. The largest absolute Gasteiger partial charge is 0.495 e. The quantitative estimate of drug-likeness (QED) is 0.318. The molecule has 0 bridgehead atoms. The second-order valence-electron chi connectivity index (χ2n) is 8.62.